The number of aromatic nitrogens is 2. The summed E-state index contributed by atoms with van der Waals surface area (Å²) in [6, 6.07) is 2.45. The third kappa shape index (κ3) is 3.85. The van der Waals surface area contributed by atoms with Gasteiger partial charge in [-0.2, -0.15) is 4.98 Å². The quantitative estimate of drug-likeness (QED) is 0.712. The maximum atomic E-state index is 12.1. The van der Waals surface area contributed by atoms with Crippen LogP contribution in [0, 0.1) is 0 Å². The summed E-state index contributed by atoms with van der Waals surface area (Å²) in [6.45, 7) is 2.30. The fraction of sp³-hybridized carbons (Fsp3) is 0.400. The van der Waals surface area contributed by atoms with E-state index in [1.807, 2.05) is 24.4 Å². The number of hydrogen-bond donors (Lipinski definition) is 2. The van der Waals surface area contributed by atoms with E-state index in [2.05, 4.69) is 20.8 Å². The lowest BCUT2D eigenvalue weighted by Gasteiger charge is -2.11. The lowest BCUT2D eigenvalue weighted by Crippen LogP contribution is -2.36. The van der Waals surface area contributed by atoms with Crippen LogP contribution in [0.15, 0.2) is 22.0 Å². The van der Waals surface area contributed by atoms with Crippen LogP contribution in [0.25, 0.3) is 10.8 Å². The SMILES string of the molecule is CCCN1C(=O)N[C@@H](CC(=O)NCc2noc(-c3cccs3)n2)C1=O. The number of imide groups is 1. The van der Waals surface area contributed by atoms with E-state index in [-0.39, 0.29) is 24.8 Å². The Hall–Kier alpha value is -2.75. The fourth-order valence-corrected chi connectivity index (χ4v) is 3.06. The lowest BCUT2D eigenvalue weighted by molar-refractivity contribution is -0.130. The molecule has 1 aliphatic heterocycles. The Balaban J connectivity index is 1.50. The molecule has 1 fully saturated rings. The molecule has 4 amide bonds. The van der Waals surface area contributed by atoms with E-state index in [9.17, 15) is 14.4 Å². The summed E-state index contributed by atoms with van der Waals surface area (Å²) in [7, 11) is 0. The molecular formula is C15H17N5O4S. The number of carbonyl (C=O) groups excluding carboxylic acids is 3. The Morgan fingerprint density at radius 2 is 2.32 bits per heavy atom. The van der Waals surface area contributed by atoms with Gasteiger partial charge in [0, 0.05) is 6.54 Å². The van der Waals surface area contributed by atoms with Gasteiger partial charge in [-0.05, 0) is 17.9 Å². The molecule has 0 aromatic carbocycles. The fourth-order valence-electron chi connectivity index (χ4n) is 2.41. The van der Waals surface area contributed by atoms with Crippen molar-refractivity contribution in [2.45, 2.75) is 32.4 Å². The molecule has 1 aliphatic rings. The van der Waals surface area contributed by atoms with E-state index >= 15 is 0 Å². The van der Waals surface area contributed by atoms with Gasteiger partial charge in [-0.25, -0.2) is 4.79 Å². The number of urea groups is 1. The van der Waals surface area contributed by atoms with Crippen molar-refractivity contribution in [3.8, 4) is 10.8 Å². The summed E-state index contributed by atoms with van der Waals surface area (Å²) in [4.78, 5) is 41.9. The Bertz CT molecular complexity index is 773. The van der Waals surface area contributed by atoms with Crippen molar-refractivity contribution in [3.63, 3.8) is 0 Å². The molecule has 9 nitrogen and oxygen atoms in total. The zero-order valence-electron chi connectivity index (χ0n) is 13.5. The van der Waals surface area contributed by atoms with Crippen LogP contribution < -0.4 is 10.6 Å². The number of nitrogens with zero attached hydrogens (tertiary/aromatic N) is 3. The molecular weight excluding hydrogens is 346 g/mol. The van der Waals surface area contributed by atoms with Crippen molar-refractivity contribution >= 4 is 29.2 Å². The number of hydrogen-bond acceptors (Lipinski definition) is 7. The molecule has 0 aliphatic carbocycles. The lowest BCUT2D eigenvalue weighted by atomic mass is 10.2. The highest BCUT2D eigenvalue weighted by molar-refractivity contribution is 7.13. The van der Waals surface area contributed by atoms with Gasteiger partial charge in [0.2, 0.25) is 5.91 Å². The largest absolute Gasteiger partial charge is 0.349 e. The minimum absolute atomic E-state index is 0.0846. The highest BCUT2D eigenvalue weighted by Gasteiger charge is 2.38. The Morgan fingerprint density at radius 1 is 1.48 bits per heavy atom. The highest BCUT2D eigenvalue weighted by atomic mass is 32.1. The van der Waals surface area contributed by atoms with Gasteiger partial charge in [0.05, 0.1) is 17.8 Å². The monoisotopic (exact) mass is 363 g/mol. The summed E-state index contributed by atoms with van der Waals surface area (Å²) in [5.74, 6) is -0.0140. The van der Waals surface area contributed by atoms with Crippen molar-refractivity contribution in [1.29, 1.82) is 0 Å². The molecule has 2 aromatic rings. The Kier molecular flexibility index (Phi) is 5.08. The third-order valence-electron chi connectivity index (χ3n) is 3.59. The van der Waals surface area contributed by atoms with Gasteiger partial charge in [-0.15, -0.1) is 11.3 Å². The molecule has 0 radical (unpaired) electrons. The highest BCUT2D eigenvalue weighted by Crippen LogP contribution is 2.22. The van der Waals surface area contributed by atoms with Gasteiger partial charge in [0.25, 0.3) is 11.8 Å². The van der Waals surface area contributed by atoms with Gasteiger partial charge < -0.3 is 15.2 Å². The zero-order valence-corrected chi connectivity index (χ0v) is 14.3. The molecule has 2 aromatic heterocycles. The first-order valence-electron chi connectivity index (χ1n) is 7.83. The molecule has 2 N–H and O–H groups in total. The van der Waals surface area contributed by atoms with Crippen molar-refractivity contribution in [3.05, 3.63) is 23.3 Å². The van der Waals surface area contributed by atoms with E-state index in [4.69, 9.17) is 4.52 Å². The van der Waals surface area contributed by atoms with Crippen molar-refractivity contribution in [2.75, 3.05) is 6.54 Å². The van der Waals surface area contributed by atoms with Crippen molar-refractivity contribution < 1.29 is 18.9 Å². The Morgan fingerprint density at radius 3 is 3.04 bits per heavy atom. The van der Waals surface area contributed by atoms with E-state index in [1.54, 1.807) is 0 Å². The first kappa shape index (κ1) is 17.1. The molecule has 1 atom stereocenters. The second-order valence-corrected chi connectivity index (χ2v) is 6.41. The number of thiophene rings is 1. The molecule has 1 saturated heterocycles. The maximum Gasteiger partial charge on any atom is 0.324 e. The third-order valence-corrected chi connectivity index (χ3v) is 4.45. The summed E-state index contributed by atoms with van der Waals surface area (Å²) in [5.41, 5.74) is 0. The smallest absolute Gasteiger partial charge is 0.324 e. The normalized spacial score (nSPS) is 17.0. The predicted molar refractivity (Wildman–Crippen MR) is 88.4 cm³/mol. The zero-order chi connectivity index (χ0) is 17.8. The predicted octanol–water partition coefficient (Wildman–Crippen LogP) is 1.13. The van der Waals surface area contributed by atoms with Crippen LogP contribution in [0.3, 0.4) is 0 Å². The number of carbonyl (C=O) groups is 3. The number of rotatable bonds is 7. The van der Waals surface area contributed by atoms with Crippen LogP contribution in [0.1, 0.15) is 25.6 Å². The van der Waals surface area contributed by atoms with Crippen LogP contribution >= 0.6 is 11.3 Å². The van der Waals surface area contributed by atoms with Gasteiger partial charge in [-0.1, -0.05) is 18.1 Å². The molecule has 3 rings (SSSR count). The first-order chi connectivity index (χ1) is 12.1. The van der Waals surface area contributed by atoms with Gasteiger partial charge in [0.1, 0.15) is 6.04 Å². The van der Waals surface area contributed by atoms with Crippen LogP contribution in [-0.2, 0) is 16.1 Å². The molecule has 25 heavy (non-hydrogen) atoms. The molecule has 0 spiro atoms. The number of amides is 4. The number of nitrogens with one attached hydrogen (secondary N) is 2. The van der Waals surface area contributed by atoms with E-state index in [0.29, 0.717) is 24.7 Å². The van der Waals surface area contributed by atoms with Gasteiger partial charge in [-0.3, -0.25) is 14.5 Å². The van der Waals surface area contributed by atoms with E-state index in [1.165, 1.54) is 11.3 Å². The molecule has 0 bridgehead atoms. The topological polar surface area (TPSA) is 117 Å². The second-order valence-electron chi connectivity index (χ2n) is 5.47. The molecule has 0 unspecified atom stereocenters. The first-order valence-corrected chi connectivity index (χ1v) is 8.71. The molecule has 10 heteroatoms. The summed E-state index contributed by atoms with van der Waals surface area (Å²) in [5, 5.41) is 10.8. The van der Waals surface area contributed by atoms with E-state index < -0.39 is 12.1 Å². The molecule has 3 heterocycles. The average molecular weight is 363 g/mol. The van der Waals surface area contributed by atoms with Gasteiger partial charge >= 0.3 is 6.03 Å². The standard InChI is InChI=1S/C15H17N5O4S/c1-2-5-20-14(22)9(17-15(20)23)7-12(21)16-8-11-18-13(24-19-11)10-4-3-6-25-10/h3-4,6,9H,2,5,7-8H2,1H3,(H,16,21)(H,17,23)/t9-/m0/s1. The van der Waals surface area contributed by atoms with Gasteiger partial charge in [0.15, 0.2) is 5.82 Å². The van der Waals surface area contributed by atoms with E-state index in [0.717, 1.165) is 9.78 Å². The molecule has 132 valence electrons. The summed E-state index contributed by atoms with van der Waals surface area (Å²) >= 11 is 1.47. The average Bonchev–Trinajstić information content (AvgIpc) is 3.31. The summed E-state index contributed by atoms with van der Waals surface area (Å²) in [6.07, 6.45) is 0.545. The van der Waals surface area contributed by atoms with Crippen LogP contribution in [0.2, 0.25) is 0 Å². The van der Waals surface area contributed by atoms with Crippen LogP contribution in [-0.4, -0.2) is 45.5 Å². The van der Waals surface area contributed by atoms with Crippen LogP contribution in [0.5, 0.6) is 0 Å². The Labute approximate surface area is 147 Å². The van der Waals surface area contributed by atoms with Crippen molar-refractivity contribution in [1.82, 2.24) is 25.7 Å². The maximum absolute atomic E-state index is 12.1. The van der Waals surface area contributed by atoms with Crippen molar-refractivity contribution in [2.24, 2.45) is 0 Å². The minimum Gasteiger partial charge on any atom is -0.349 e. The minimum atomic E-state index is -0.828. The summed E-state index contributed by atoms with van der Waals surface area (Å²) < 4.78 is 5.13. The van der Waals surface area contributed by atoms with Crippen LogP contribution in [0.4, 0.5) is 4.79 Å². The molecule has 0 saturated carbocycles. The second kappa shape index (κ2) is 7.43.